The molecule has 0 radical (unpaired) electrons. The van der Waals surface area contributed by atoms with E-state index in [2.05, 4.69) is 4.90 Å². The van der Waals surface area contributed by atoms with Crippen LogP contribution in [0, 0.1) is 0 Å². The molecule has 1 aliphatic rings. The fourth-order valence-electron chi connectivity index (χ4n) is 2.38. The lowest BCUT2D eigenvalue weighted by molar-refractivity contribution is 0.0143. The molecule has 0 aliphatic carbocycles. The van der Waals surface area contributed by atoms with E-state index < -0.39 is 5.60 Å². The normalized spacial score (nSPS) is 16.6. The number of carbonyl (C=O) groups is 1. The first kappa shape index (κ1) is 16.5. The van der Waals surface area contributed by atoms with Crippen molar-refractivity contribution in [3.8, 4) is 0 Å². The standard InChI is InChI=1S/C16H25N3O3/c1-16(2,3)22-15(21)19-12-9-17(10-13-19)8-11-18-7-5-4-6-14(18)20/h4-7H,8-13H2,1-3H3. The van der Waals surface area contributed by atoms with Crippen LogP contribution in [0.25, 0.3) is 0 Å². The number of hydrogen-bond acceptors (Lipinski definition) is 4. The zero-order chi connectivity index (χ0) is 16.2. The number of piperazine rings is 1. The van der Waals surface area contributed by atoms with Gasteiger partial charge in [0.15, 0.2) is 0 Å². The average molecular weight is 307 g/mol. The van der Waals surface area contributed by atoms with Crippen LogP contribution >= 0.6 is 0 Å². The van der Waals surface area contributed by atoms with Crippen molar-refractivity contribution in [1.29, 1.82) is 0 Å². The van der Waals surface area contributed by atoms with E-state index in [-0.39, 0.29) is 11.7 Å². The first-order valence-corrected chi connectivity index (χ1v) is 7.71. The Morgan fingerprint density at radius 2 is 1.82 bits per heavy atom. The minimum absolute atomic E-state index is 0.0230. The number of hydrogen-bond donors (Lipinski definition) is 0. The molecule has 122 valence electrons. The van der Waals surface area contributed by atoms with E-state index in [4.69, 9.17) is 4.74 Å². The molecular formula is C16H25N3O3. The molecule has 6 nitrogen and oxygen atoms in total. The zero-order valence-electron chi connectivity index (χ0n) is 13.6. The minimum Gasteiger partial charge on any atom is -0.444 e. The summed E-state index contributed by atoms with van der Waals surface area (Å²) in [6.07, 6.45) is 1.56. The van der Waals surface area contributed by atoms with Crippen molar-refractivity contribution < 1.29 is 9.53 Å². The summed E-state index contributed by atoms with van der Waals surface area (Å²) in [7, 11) is 0. The van der Waals surface area contributed by atoms with Gasteiger partial charge in [-0.1, -0.05) is 6.07 Å². The Morgan fingerprint density at radius 3 is 2.41 bits per heavy atom. The van der Waals surface area contributed by atoms with E-state index in [1.54, 1.807) is 27.8 Å². The Labute approximate surface area is 131 Å². The Morgan fingerprint density at radius 1 is 1.14 bits per heavy atom. The lowest BCUT2D eigenvalue weighted by Gasteiger charge is -2.35. The summed E-state index contributed by atoms with van der Waals surface area (Å²) in [6, 6.07) is 5.18. The lowest BCUT2D eigenvalue weighted by Crippen LogP contribution is -2.50. The van der Waals surface area contributed by atoms with Crippen LogP contribution in [0.2, 0.25) is 0 Å². The van der Waals surface area contributed by atoms with Gasteiger partial charge >= 0.3 is 6.09 Å². The smallest absolute Gasteiger partial charge is 0.410 e. The molecule has 0 unspecified atom stereocenters. The Kier molecular flexibility index (Phi) is 5.24. The van der Waals surface area contributed by atoms with Crippen LogP contribution in [-0.4, -0.2) is 58.8 Å². The molecule has 1 aromatic rings. The summed E-state index contributed by atoms with van der Waals surface area (Å²) in [6.45, 7) is 10.0. The van der Waals surface area contributed by atoms with E-state index in [9.17, 15) is 9.59 Å². The van der Waals surface area contributed by atoms with Gasteiger partial charge < -0.3 is 14.2 Å². The number of amides is 1. The highest BCUT2D eigenvalue weighted by Crippen LogP contribution is 2.11. The molecular weight excluding hydrogens is 282 g/mol. The molecule has 1 amide bonds. The zero-order valence-corrected chi connectivity index (χ0v) is 13.6. The van der Waals surface area contributed by atoms with Crippen LogP contribution in [0.15, 0.2) is 29.2 Å². The van der Waals surface area contributed by atoms with Gasteiger partial charge in [-0.05, 0) is 26.8 Å². The molecule has 1 saturated heterocycles. The maximum Gasteiger partial charge on any atom is 0.410 e. The molecule has 6 heteroatoms. The molecule has 0 aromatic carbocycles. The van der Waals surface area contributed by atoms with Gasteiger partial charge in [0, 0.05) is 51.5 Å². The maximum absolute atomic E-state index is 12.0. The highest BCUT2D eigenvalue weighted by molar-refractivity contribution is 5.68. The Hall–Kier alpha value is -1.82. The molecule has 0 spiro atoms. The third kappa shape index (κ3) is 4.87. The minimum atomic E-state index is -0.456. The molecule has 1 fully saturated rings. The lowest BCUT2D eigenvalue weighted by atomic mass is 10.2. The van der Waals surface area contributed by atoms with Gasteiger partial charge in [-0.15, -0.1) is 0 Å². The first-order valence-electron chi connectivity index (χ1n) is 7.71. The second-order valence-corrected chi connectivity index (χ2v) is 6.54. The largest absolute Gasteiger partial charge is 0.444 e. The summed E-state index contributed by atoms with van der Waals surface area (Å²) in [4.78, 5) is 27.6. The van der Waals surface area contributed by atoms with E-state index in [0.717, 1.165) is 19.6 Å². The highest BCUT2D eigenvalue weighted by Gasteiger charge is 2.25. The second-order valence-electron chi connectivity index (χ2n) is 6.54. The van der Waals surface area contributed by atoms with Crippen molar-refractivity contribution >= 4 is 6.09 Å². The van der Waals surface area contributed by atoms with Gasteiger partial charge in [-0.2, -0.15) is 0 Å². The molecule has 2 rings (SSSR count). The van der Waals surface area contributed by atoms with E-state index >= 15 is 0 Å². The van der Waals surface area contributed by atoms with Gasteiger partial charge in [-0.3, -0.25) is 9.69 Å². The SMILES string of the molecule is CC(C)(C)OC(=O)N1CCN(CCn2ccccc2=O)CC1. The van der Waals surface area contributed by atoms with Gasteiger partial charge in [-0.25, -0.2) is 4.79 Å². The number of carbonyl (C=O) groups excluding carboxylic acids is 1. The molecule has 22 heavy (non-hydrogen) atoms. The van der Waals surface area contributed by atoms with E-state index in [1.807, 2.05) is 26.8 Å². The van der Waals surface area contributed by atoms with Crippen LogP contribution in [0.3, 0.4) is 0 Å². The van der Waals surface area contributed by atoms with Crippen LogP contribution in [-0.2, 0) is 11.3 Å². The van der Waals surface area contributed by atoms with Gasteiger partial charge in [0.1, 0.15) is 5.60 Å². The molecule has 0 atom stereocenters. The molecule has 0 saturated carbocycles. The van der Waals surface area contributed by atoms with Gasteiger partial charge in [0.25, 0.3) is 5.56 Å². The third-order valence-electron chi connectivity index (χ3n) is 3.58. The topological polar surface area (TPSA) is 54.8 Å². The highest BCUT2D eigenvalue weighted by atomic mass is 16.6. The van der Waals surface area contributed by atoms with Crippen LogP contribution in [0.1, 0.15) is 20.8 Å². The fraction of sp³-hybridized carbons (Fsp3) is 0.625. The number of aromatic nitrogens is 1. The molecule has 2 heterocycles. The fourth-order valence-corrected chi connectivity index (χ4v) is 2.38. The van der Waals surface area contributed by atoms with Gasteiger partial charge in [0.2, 0.25) is 0 Å². The van der Waals surface area contributed by atoms with Crippen molar-refractivity contribution in [3.05, 3.63) is 34.7 Å². The summed E-state index contributed by atoms with van der Waals surface area (Å²) >= 11 is 0. The molecule has 0 N–H and O–H groups in total. The number of nitrogens with zero attached hydrogens (tertiary/aromatic N) is 3. The Bertz CT molecular complexity index is 554. The Balaban J connectivity index is 1.77. The van der Waals surface area contributed by atoms with Crippen molar-refractivity contribution in [1.82, 2.24) is 14.4 Å². The quantitative estimate of drug-likeness (QED) is 0.847. The van der Waals surface area contributed by atoms with E-state index in [0.29, 0.717) is 19.6 Å². The summed E-state index contributed by atoms with van der Waals surface area (Å²) in [5.41, 5.74) is -0.433. The van der Waals surface area contributed by atoms with Crippen molar-refractivity contribution in [2.45, 2.75) is 32.9 Å². The van der Waals surface area contributed by atoms with Crippen molar-refractivity contribution in [2.75, 3.05) is 32.7 Å². The third-order valence-corrected chi connectivity index (χ3v) is 3.58. The predicted molar refractivity (Wildman–Crippen MR) is 84.9 cm³/mol. The number of ether oxygens (including phenoxy) is 1. The van der Waals surface area contributed by atoms with Crippen LogP contribution in [0.5, 0.6) is 0 Å². The second kappa shape index (κ2) is 6.96. The van der Waals surface area contributed by atoms with Crippen LogP contribution in [0.4, 0.5) is 4.79 Å². The maximum atomic E-state index is 12.0. The number of pyridine rings is 1. The van der Waals surface area contributed by atoms with Crippen molar-refractivity contribution in [2.24, 2.45) is 0 Å². The summed E-state index contributed by atoms with van der Waals surface area (Å²) in [5, 5.41) is 0. The molecule has 1 aromatic heterocycles. The summed E-state index contributed by atoms with van der Waals surface area (Å²) in [5.74, 6) is 0. The van der Waals surface area contributed by atoms with Crippen LogP contribution < -0.4 is 5.56 Å². The summed E-state index contributed by atoms with van der Waals surface area (Å²) < 4.78 is 7.09. The monoisotopic (exact) mass is 307 g/mol. The first-order chi connectivity index (χ1) is 10.3. The average Bonchev–Trinajstić information content (AvgIpc) is 2.45. The molecule has 0 bridgehead atoms. The predicted octanol–water partition coefficient (Wildman–Crippen LogP) is 1.40. The van der Waals surface area contributed by atoms with E-state index in [1.165, 1.54) is 0 Å². The number of rotatable bonds is 3. The van der Waals surface area contributed by atoms with Crippen molar-refractivity contribution in [3.63, 3.8) is 0 Å². The molecule has 1 aliphatic heterocycles. The van der Waals surface area contributed by atoms with Gasteiger partial charge in [0.05, 0.1) is 0 Å².